The van der Waals surface area contributed by atoms with Crippen LogP contribution in [0.15, 0.2) is 18.2 Å². The summed E-state index contributed by atoms with van der Waals surface area (Å²) in [5, 5.41) is 4.58. The number of amides is 3. The first kappa shape index (κ1) is 26.0. The third-order valence-electron chi connectivity index (χ3n) is 8.23. The molecule has 9 nitrogen and oxygen atoms in total. The van der Waals surface area contributed by atoms with Gasteiger partial charge < -0.3 is 29.6 Å². The van der Waals surface area contributed by atoms with Crippen molar-refractivity contribution in [2.45, 2.75) is 38.1 Å². The van der Waals surface area contributed by atoms with E-state index in [0.717, 1.165) is 22.2 Å². The van der Waals surface area contributed by atoms with E-state index in [4.69, 9.17) is 21.1 Å². The van der Waals surface area contributed by atoms with Gasteiger partial charge in [-0.05, 0) is 49.9 Å². The molecule has 37 heavy (non-hydrogen) atoms. The Morgan fingerprint density at radius 1 is 1.27 bits per heavy atom. The van der Waals surface area contributed by atoms with Crippen molar-refractivity contribution < 1.29 is 23.9 Å². The number of carbonyl (C=O) groups excluding carboxylic acids is 3. The predicted molar refractivity (Wildman–Crippen MR) is 139 cm³/mol. The third-order valence-corrected chi connectivity index (χ3v) is 8.47. The first-order valence-electron chi connectivity index (χ1n) is 13.1. The van der Waals surface area contributed by atoms with Crippen LogP contribution >= 0.6 is 11.6 Å². The summed E-state index contributed by atoms with van der Waals surface area (Å²) in [6, 6.07) is 5.74. The van der Waals surface area contributed by atoms with Gasteiger partial charge in [0.1, 0.15) is 0 Å². The highest BCUT2D eigenvalue weighted by molar-refractivity contribution is 6.31. The van der Waals surface area contributed by atoms with Gasteiger partial charge in [-0.2, -0.15) is 0 Å². The number of morpholine rings is 1. The number of H-pyrrole nitrogens is 1. The quantitative estimate of drug-likeness (QED) is 0.535. The monoisotopic (exact) mass is 530 g/mol. The molecule has 1 aromatic carbocycles. The number of nitrogens with one attached hydrogen (secondary N) is 2. The third kappa shape index (κ3) is 4.73. The SMILES string of the molecule is COCCCNC(=O)C[C@H]1C[C@H](C(=O)N2CCOCC2)[C@@]2(C)c3[nH]c4ccc(Cl)cc4c3CCN2C1=O. The summed E-state index contributed by atoms with van der Waals surface area (Å²) in [7, 11) is 1.62. The lowest BCUT2D eigenvalue weighted by Crippen LogP contribution is -2.65. The minimum Gasteiger partial charge on any atom is -0.385 e. The molecular formula is C27H35ClN4O5. The highest BCUT2D eigenvalue weighted by Gasteiger charge is 2.57. The molecule has 0 bridgehead atoms. The summed E-state index contributed by atoms with van der Waals surface area (Å²) >= 11 is 6.32. The second-order valence-corrected chi connectivity index (χ2v) is 10.8. The molecule has 4 heterocycles. The molecule has 0 unspecified atom stereocenters. The number of nitrogens with zero attached hydrogens (tertiary/aromatic N) is 2. The number of carbonyl (C=O) groups is 3. The van der Waals surface area contributed by atoms with Crippen LogP contribution in [-0.4, -0.2) is 85.6 Å². The Bertz CT molecular complexity index is 1190. The highest BCUT2D eigenvalue weighted by Crippen LogP contribution is 2.50. The number of rotatable bonds is 7. The molecule has 3 aliphatic heterocycles. The average Bonchev–Trinajstić information content (AvgIpc) is 3.27. The number of fused-ring (bicyclic) bond motifs is 5. The van der Waals surface area contributed by atoms with Gasteiger partial charge in [0.2, 0.25) is 17.7 Å². The molecular weight excluding hydrogens is 496 g/mol. The number of hydrogen-bond donors (Lipinski definition) is 2. The van der Waals surface area contributed by atoms with E-state index >= 15 is 0 Å². The lowest BCUT2D eigenvalue weighted by atomic mass is 9.67. The van der Waals surface area contributed by atoms with Crippen molar-refractivity contribution in [1.82, 2.24) is 20.1 Å². The Labute approximate surface area is 221 Å². The molecule has 3 atom stereocenters. The molecule has 3 aliphatic rings. The molecule has 0 spiro atoms. The van der Waals surface area contributed by atoms with E-state index in [2.05, 4.69) is 10.3 Å². The summed E-state index contributed by atoms with van der Waals surface area (Å²) in [6.45, 7) is 5.60. The van der Waals surface area contributed by atoms with Crippen molar-refractivity contribution in [1.29, 1.82) is 0 Å². The first-order chi connectivity index (χ1) is 17.8. The van der Waals surface area contributed by atoms with Crippen molar-refractivity contribution in [2.75, 3.05) is 53.1 Å². The van der Waals surface area contributed by atoms with Gasteiger partial charge in [-0.1, -0.05) is 11.6 Å². The molecule has 0 aliphatic carbocycles. The molecule has 10 heteroatoms. The van der Waals surface area contributed by atoms with Gasteiger partial charge in [-0.3, -0.25) is 14.4 Å². The Kier molecular flexibility index (Phi) is 7.47. The summed E-state index contributed by atoms with van der Waals surface area (Å²) in [5.41, 5.74) is 2.11. The molecule has 5 rings (SSSR count). The van der Waals surface area contributed by atoms with E-state index in [-0.39, 0.29) is 24.1 Å². The van der Waals surface area contributed by atoms with Crippen molar-refractivity contribution in [3.8, 4) is 0 Å². The van der Waals surface area contributed by atoms with Gasteiger partial charge in [0, 0.05) is 73.9 Å². The van der Waals surface area contributed by atoms with Gasteiger partial charge in [-0.15, -0.1) is 0 Å². The predicted octanol–water partition coefficient (Wildman–Crippen LogP) is 2.46. The van der Waals surface area contributed by atoms with Crippen LogP contribution in [0.25, 0.3) is 10.9 Å². The first-order valence-corrected chi connectivity index (χ1v) is 13.5. The fourth-order valence-electron chi connectivity index (χ4n) is 6.30. The Hall–Kier alpha value is -2.62. The van der Waals surface area contributed by atoms with Crippen LogP contribution in [0, 0.1) is 11.8 Å². The van der Waals surface area contributed by atoms with Crippen LogP contribution < -0.4 is 5.32 Å². The largest absolute Gasteiger partial charge is 0.385 e. The normalized spacial score (nSPS) is 25.6. The second kappa shape index (κ2) is 10.6. The number of hydrogen-bond acceptors (Lipinski definition) is 5. The van der Waals surface area contributed by atoms with Gasteiger partial charge in [0.05, 0.1) is 24.7 Å². The molecule has 2 N–H and O–H groups in total. The van der Waals surface area contributed by atoms with Crippen LogP contribution in [0.2, 0.25) is 5.02 Å². The maximum absolute atomic E-state index is 14.1. The van der Waals surface area contributed by atoms with Crippen LogP contribution in [0.1, 0.15) is 37.4 Å². The van der Waals surface area contributed by atoms with Crippen molar-refractivity contribution >= 4 is 40.2 Å². The molecule has 3 amide bonds. The summed E-state index contributed by atoms with van der Waals surface area (Å²) in [6.07, 6.45) is 1.76. The van der Waals surface area contributed by atoms with Gasteiger partial charge in [-0.25, -0.2) is 0 Å². The van der Waals surface area contributed by atoms with Crippen molar-refractivity contribution in [2.24, 2.45) is 11.8 Å². The second-order valence-electron chi connectivity index (χ2n) is 10.4. The fourth-order valence-corrected chi connectivity index (χ4v) is 6.47. The number of aromatic nitrogens is 1. The van der Waals surface area contributed by atoms with Crippen LogP contribution in [-0.2, 0) is 35.8 Å². The van der Waals surface area contributed by atoms with E-state index in [1.807, 2.05) is 34.9 Å². The number of aromatic amines is 1. The molecule has 0 radical (unpaired) electrons. The van der Waals surface area contributed by atoms with Crippen LogP contribution in [0.5, 0.6) is 0 Å². The smallest absolute Gasteiger partial charge is 0.228 e. The number of halogens is 1. The zero-order valence-electron chi connectivity index (χ0n) is 21.5. The minimum atomic E-state index is -0.850. The Balaban J connectivity index is 1.49. The summed E-state index contributed by atoms with van der Waals surface area (Å²) < 4.78 is 10.5. The lowest BCUT2D eigenvalue weighted by Gasteiger charge is -2.54. The van der Waals surface area contributed by atoms with Gasteiger partial charge in [0.25, 0.3) is 0 Å². The molecule has 2 aromatic rings. The molecule has 2 saturated heterocycles. The standard InChI is InChI=1S/C27H35ClN4O5/c1-27-21(26(35)31-9-12-37-13-10-31)14-17(15-23(33)29-7-3-11-36-2)25(34)32(27)8-6-19-20-16-18(28)4-5-22(20)30-24(19)27/h4-5,16-17,21,30H,3,6-15H2,1-2H3,(H,29,33)/t17-,21-,27+/m1/s1. The Morgan fingerprint density at radius 3 is 2.81 bits per heavy atom. The summed E-state index contributed by atoms with van der Waals surface area (Å²) in [4.78, 5) is 47.9. The van der Waals surface area contributed by atoms with Crippen LogP contribution in [0.4, 0.5) is 0 Å². The van der Waals surface area contributed by atoms with Gasteiger partial charge >= 0.3 is 0 Å². The molecule has 1 aromatic heterocycles. The van der Waals surface area contributed by atoms with E-state index in [0.29, 0.717) is 70.3 Å². The molecule has 2 fully saturated rings. The van der Waals surface area contributed by atoms with Crippen molar-refractivity contribution in [3.05, 3.63) is 34.5 Å². The van der Waals surface area contributed by atoms with E-state index in [1.165, 1.54) is 0 Å². The number of benzene rings is 1. The lowest BCUT2D eigenvalue weighted by molar-refractivity contribution is -0.166. The van der Waals surface area contributed by atoms with E-state index in [1.54, 1.807) is 7.11 Å². The summed E-state index contributed by atoms with van der Waals surface area (Å²) in [5.74, 6) is -1.27. The zero-order valence-corrected chi connectivity index (χ0v) is 22.2. The number of methoxy groups -OCH3 is 1. The average molecular weight is 531 g/mol. The maximum atomic E-state index is 14.1. The van der Waals surface area contributed by atoms with E-state index in [9.17, 15) is 14.4 Å². The zero-order chi connectivity index (χ0) is 26.2. The fraction of sp³-hybridized carbons (Fsp3) is 0.593. The van der Waals surface area contributed by atoms with Crippen molar-refractivity contribution in [3.63, 3.8) is 0 Å². The molecule has 200 valence electrons. The topological polar surface area (TPSA) is 104 Å². The maximum Gasteiger partial charge on any atom is 0.228 e. The number of piperidine rings is 1. The highest BCUT2D eigenvalue weighted by atomic mass is 35.5. The Morgan fingerprint density at radius 2 is 2.05 bits per heavy atom. The molecule has 0 saturated carbocycles. The van der Waals surface area contributed by atoms with Gasteiger partial charge in [0.15, 0.2) is 0 Å². The van der Waals surface area contributed by atoms with E-state index < -0.39 is 17.4 Å². The number of ether oxygens (including phenoxy) is 2. The van der Waals surface area contributed by atoms with Crippen LogP contribution in [0.3, 0.4) is 0 Å². The minimum absolute atomic E-state index is 0.0124.